The van der Waals surface area contributed by atoms with Gasteiger partial charge in [-0.1, -0.05) is 6.07 Å². The van der Waals surface area contributed by atoms with Gasteiger partial charge in [0, 0.05) is 18.7 Å². The molecule has 0 spiro atoms. The first kappa shape index (κ1) is 15.2. The second kappa shape index (κ2) is 7.03. The summed E-state index contributed by atoms with van der Waals surface area (Å²) in [6.45, 7) is 2.06. The van der Waals surface area contributed by atoms with Crippen LogP contribution in [0.3, 0.4) is 0 Å². The molecular formula is C14H14BrN3O3. The Labute approximate surface area is 130 Å². The predicted octanol–water partition coefficient (Wildman–Crippen LogP) is 2.50. The molecular weight excluding hydrogens is 338 g/mol. The van der Waals surface area contributed by atoms with Gasteiger partial charge in [0.15, 0.2) is 10.4 Å². The molecule has 0 unspecified atom stereocenters. The van der Waals surface area contributed by atoms with E-state index in [9.17, 15) is 9.59 Å². The summed E-state index contributed by atoms with van der Waals surface area (Å²) in [6.07, 6.45) is 0.156. The van der Waals surface area contributed by atoms with Gasteiger partial charge in [-0.2, -0.15) is 0 Å². The summed E-state index contributed by atoms with van der Waals surface area (Å²) >= 11 is 3.12. The molecule has 0 atom stereocenters. The smallest absolute Gasteiger partial charge is 0.287 e. The van der Waals surface area contributed by atoms with Crippen molar-refractivity contribution in [2.24, 2.45) is 0 Å². The van der Waals surface area contributed by atoms with Crippen LogP contribution >= 0.6 is 15.9 Å². The summed E-state index contributed by atoms with van der Waals surface area (Å²) in [5.74, 6) is 0.125. The summed E-state index contributed by atoms with van der Waals surface area (Å²) in [5, 5.41) is 5.27. The van der Waals surface area contributed by atoms with Gasteiger partial charge in [-0.3, -0.25) is 9.59 Å². The first-order valence-electron chi connectivity index (χ1n) is 6.31. The summed E-state index contributed by atoms with van der Waals surface area (Å²) in [5.41, 5.74) is 0.824. The second-order valence-electron chi connectivity index (χ2n) is 4.32. The van der Waals surface area contributed by atoms with Crippen LogP contribution in [0.15, 0.2) is 39.4 Å². The van der Waals surface area contributed by atoms with E-state index in [1.54, 1.807) is 18.2 Å². The molecule has 7 heteroatoms. The van der Waals surface area contributed by atoms with Gasteiger partial charge in [-0.25, -0.2) is 4.98 Å². The quantitative estimate of drug-likeness (QED) is 0.866. The Morgan fingerprint density at radius 1 is 1.29 bits per heavy atom. The summed E-state index contributed by atoms with van der Waals surface area (Å²) in [6, 6.07) is 8.55. The van der Waals surface area contributed by atoms with Gasteiger partial charge in [0.1, 0.15) is 5.82 Å². The molecule has 0 aliphatic rings. The van der Waals surface area contributed by atoms with Crippen LogP contribution in [0.4, 0.5) is 5.82 Å². The molecule has 0 saturated carbocycles. The molecule has 21 heavy (non-hydrogen) atoms. The SMILES string of the molecule is Cc1cccc(NC(=O)CCNC(=O)c2ccc(Br)o2)n1. The molecule has 2 rings (SSSR count). The highest BCUT2D eigenvalue weighted by atomic mass is 79.9. The van der Waals surface area contributed by atoms with Gasteiger partial charge >= 0.3 is 0 Å². The minimum Gasteiger partial charge on any atom is -0.444 e. The van der Waals surface area contributed by atoms with E-state index in [1.807, 2.05) is 19.1 Å². The van der Waals surface area contributed by atoms with Gasteiger partial charge < -0.3 is 15.1 Å². The van der Waals surface area contributed by atoms with Crippen molar-refractivity contribution in [2.45, 2.75) is 13.3 Å². The van der Waals surface area contributed by atoms with E-state index in [-0.39, 0.29) is 30.5 Å². The number of amides is 2. The Morgan fingerprint density at radius 2 is 2.10 bits per heavy atom. The van der Waals surface area contributed by atoms with Gasteiger partial charge in [0.05, 0.1) is 0 Å². The van der Waals surface area contributed by atoms with E-state index in [0.29, 0.717) is 10.5 Å². The highest BCUT2D eigenvalue weighted by Crippen LogP contribution is 2.13. The van der Waals surface area contributed by atoms with Crippen LogP contribution < -0.4 is 10.6 Å². The number of nitrogens with zero attached hydrogens (tertiary/aromatic N) is 1. The van der Waals surface area contributed by atoms with Crippen molar-refractivity contribution < 1.29 is 14.0 Å². The van der Waals surface area contributed by atoms with Crippen molar-refractivity contribution in [3.05, 3.63) is 46.5 Å². The zero-order chi connectivity index (χ0) is 15.2. The van der Waals surface area contributed by atoms with E-state index in [4.69, 9.17) is 4.42 Å². The maximum Gasteiger partial charge on any atom is 0.287 e. The van der Waals surface area contributed by atoms with Crippen LogP contribution in [0, 0.1) is 6.92 Å². The maximum atomic E-state index is 11.7. The zero-order valence-corrected chi connectivity index (χ0v) is 12.9. The minimum absolute atomic E-state index is 0.156. The van der Waals surface area contributed by atoms with E-state index in [1.165, 1.54) is 0 Å². The Kier molecular flexibility index (Phi) is 5.10. The maximum absolute atomic E-state index is 11.7. The molecule has 0 radical (unpaired) electrons. The number of rotatable bonds is 5. The fourth-order valence-electron chi connectivity index (χ4n) is 1.63. The summed E-state index contributed by atoms with van der Waals surface area (Å²) < 4.78 is 5.59. The molecule has 0 aromatic carbocycles. The molecule has 2 aromatic rings. The van der Waals surface area contributed by atoms with Crippen LogP contribution in [-0.4, -0.2) is 23.3 Å². The molecule has 0 fully saturated rings. The normalized spacial score (nSPS) is 10.2. The van der Waals surface area contributed by atoms with Crippen LogP contribution in [0.2, 0.25) is 0 Å². The standard InChI is InChI=1S/C14H14BrN3O3/c1-9-3-2-4-12(17-9)18-13(19)7-8-16-14(20)10-5-6-11(15)21-10/h2-6H,7-8H2,1H3,(H,16,20)(H,17,18,19). The molecule has 2 heterocycles. The Balaban J connectivity index is 1.75. The monoisotopic (exact) mass is 351 g/mol. The molecule has 0 aliphatic carbocycles. The van der Waals surface area contributed by atoms with Gasteiger partial charge in [0.25, 0.3) is 5.91 Å². The number of pyridine rings is 1. The Hall–Kier alpha value is -2.15. The average molecular weight is 352 g/mol. The molecule has 0 saturated heterocycles. The number of carbonyl (C=O) groups excluding carboxylic acids is 2. The third-order valence-electron chi connectivity index (χ3n) is 2.59. The molecule has 6 nitrogen and oxygen atoms in total. The fraction of sp³-hybridized carbons (Fsp3) is 0.214. The van der Waals surface area contributed by atoms with Crippen LogP contribution in [0.5, 0.6) is 0 Å². The number of halogens is 1. The predicted molar refractivity (Wildman–Crippen MR) is 81.0 cm³/mol. The molecule has 0 aliphatic heterocycles. The highest BCUT2D eigenvalue weighted by Gasteiger charge is 2.10. The zero-order valence-electron chi connectivity index (χ0n) is 11.4. The van der Waals surface area contributed by atoms with Crippen molar-refractivity contribution in [1.82, 2.24) is 10.3 Å². The number of aromatic nitrogens is 1. The van der Waals surface area contributed by atoms with Crippen molar-refractivity contribution in [3.63, 3.8) is 0 Å². The third-order valence-corrected chi connectivity index (χ3v) is 3.02. The average Bonchev–Trinajstić information content (AvgIpc) is 2.85. The lowest BCUT2D eigenvalue weighted by atomic mass is 10.3. The minimum atomic E-state index is -0.359. The van der Waals surface area contributed by atoms with Crippen molar-refractivity contribution in [1.29, 1.82) is 0 Å². The van der Waals surface area contributed by atoms with Gasteiger partial charge in [0.2, 0.25) is 5.91 Å². The molecule has 110 valence electrons. The van der Waals surface area contributed by atoms with Gasteiger partial charge in [-0.15, -0.1) is 0 Å². The van der Waals surface area contributed by atoms with E-state index < -0.39 is 0 Å². The Morgan fingerprint density at radius 3 is 2.76 bits per heavy atom. The molecule has 0 bridgehead atoms. The van der Waals surface area contributed by atoms with Crippen LogP contribution in [-0.2, 0) is 4.79 Å². The van der Waals surface area contributed by atoms with Gasteiger partial charge in [-0.05, 0) is 47.1 Å². The number of anilines is 1. The topological polar surface area (TPSA) is 84.2 Å². The lowest BCUT2D eigenvalue weighted by Crippen LogP contribution is -2.27. The first-order chi connectivity index (χ1) is 10.0. The van der Waals surface area contributed by atoms with Crippen molar-refractivity contribution >= 4 is 33.6 Å². The van der Waals surface area contributed by atoms with Crippen molar-refractivity contribution in [3.8, 4) is 0 Å². The lowest BCUT2D eigenvalue weighted by molar-refractivity contribution is -0.116. The van der Waals surface area contributed by atoms with E-state index in [2.05, 4.69) is 31.5 Å². The van der Waals surface area contributed by atoms with E-state index >= 15 is 0 Å². The summed E-state index contributed by atoms with van der Waals surface area (Å²) in [7, 11) is 0. The number of aryl methyl sites for hydroxylation is 1. The number of hydrogen-bond acceptors (Lipinski definition) is 4. The molecule has 2 aromatic heterocycles. The second-order valence-corrected chi connectivity index (χ2v) is 5.10. The van der Waals surface area contributed by atoms with Crippen LogP contribution in [0.1, 0.15) is 22.7 Å². The fourth-order valence-corrected chi connectivity index (χ4v) is 1.94. The number of carbonyl (C=O) groups is 2. The lowest BCUT2D eigenvalue weighted by Gasteiger charge is -2.05. The largest absolute Gasteiger partial charge is 0.444 e. The molecule has 2 amide bonds. The Bertz CT molecular complexity index is 654. The summed E-state index contributed by atoms with van der Waals surface area (Å²) in [4.78, 5) is 27.6. The third kappa shape index (κ3) is 4.71. The van der Waals surface area contributed by atoms with Crippen LogP contribution in [0.25, 0.3) is 0 Å². The first-order valence-corrected chi connectivity index (χ1v) is 7.11. The molecule has 2 N–H and O–H groups in total. The van der Waals surface area contributed by atoms with Crippen molar-refractivity contribution in [2.75, 3.05) is 11.9 Å². The highest BCUT2D eigenvalue weighted by molar-refractivity contribution is 9.10. The number of hydrogen-bond donors (Lipinski definition) is 2. The number of furan rings is 1. The number of nitrogens with one attached hydrogen (secondary N) is 2. The van der Waals surface area contributed by atoms with E-state index in [0.717, 1.165) is 5.69 Å².